The largest absolute Gasteiger partial charge is 0.456 e. The molecular weight excluding hydrogens is 508 g/mol. The molecule has 3 heterocycles. The van der Waals surface area contributed by atoms with E-state index in [1.54, 1.807) is 0 Å². The van der Waals surface area contributed by atoms with Gasteiger partial charge < -0.3 is 13.6 Å². The summed E-state index contributed by atoms with van der Waals surface area (Å²) in [6.07, 6.45) is 3.81. The second kappa shape index (κ2) is 9.71. The number of para-hydroxylation sites is 2. The summed E-state index contributed by atoms with van der Waals surface area (Å²) in [4.78, 5) is 13.9. The van der Waals surface area contributed by atoms with E-state index in [9.17, 15) is 0 Å². The van der Waals surface area contributed by atoms with Crippen molar-refractivity contribution in [2.24, 2.45) is 14.1 Å². The molecular formula is C34H30N6O. The average molecular weight is 539 g/mol. The lowest BCUT2D eigenvalue weighted by atomic mass is 10.1. The number of anilines is 6. The molecule has 3 aromatic heterocycles. The first kappa shape index (κ1) is 24.7. The normalized spacial score (nSPS) is 11.4. The Balaban J connectivity index is 1.42. The minimum absolute atomic E-state index is 0.837. The molecule has 0 spiro atoms. The van der Waals surface area contributed by atoms with Gasteiger partial charge in [0.15, 0.2) is 0 Å². The van der Waals surface area contributed by atoms with Crippen LogP contribution < -0.4 is 9.80 Å². The molecule has 0 N–H and O–H groups in total. The van der Waals surface area contributed by atoms with Crippen molar-refractivity contribution in [3.63, 3.8) is 0 Å². The second-order valence-corrected chi connectivity index (χ2v) is 10.3. The molecule has 0 radical (unpaired) electrons. The third-order valence-corrected chi connectivity index (χ3v) is 7.77. The Hall–Kier alpha value is -5.30. The molecule has 0 unspecified atom stereocenters. The number of hydrogen-bond donors (Lipinski definition) is 0. The van der Waals surface area contributed by atoms with E-state index >= 15 is 0 Å². The number of rotatable bonds is 6. The second-order valence-electron chi connectivity index (χ2n) is 10.3. The van der Waals surface area contributed by atoms with Crippen molar-refractivity contribution in [1.29, 1.82) is 0 Å². The van der Waals surface area contributed by atoms with E-state index in [2.05, 4.69) is 81.3 Å². The molecule has 0 atom stereocenters. The van der Waals surface area contributed by atoms with Crippen LogP contribution in [-0.4, -0.2) is 19.1 Å². The first-order valence-electron chi connectivity index (χ1n) is 13.6. The fourth-order valence-electron chi connectivity index (χ4n) is 5.33. The van der Waals surface area contributed by atoms with Crippen LogP contribution in [0.5, 0.6) is 0 Å². The zero-order valence-corrected chi connectivity index (χ0v) is 23.5. The van der Waals surface area contributed by atoms with E-state index in [0.29, 0.717) is 0 Å². The first-order valence-corrected chi connectivity index (χ1v) is 13.6. The number of benzene rings is 4. The topological polar surface area (TPSA) is 55.3 Å². The highest BCUT2D eigenvalue weighted by molar-refractivity contribution is 6.08. The zero-order chi connectivity index (χ0) is 28.1. The molecule has 0 aliphatic heterocycles. The van der Waals surface area contributed by atoms with Crippen LogP contribution in [-0.2, 0) is 14.1 Å². The molecule has 7 aromatic rings. The Morgan fingerprint density at radius 2 is 0.951 bits per heavy atom. The van der Waals surface area contributed by atoms with Gasteiger partial charge in [0.25, 0.3) is 0 Å². The summed E-state index contributed by atoms with van der Waals surface area (Å²) in [5, 5.41) is 2.07. The van der Waals surface area contributed by atoms with Gasteiger partial charge in [-0.2, -0.15) is 0 Å². The maximum absolute atomic E-state index is 6.32. The Morgan fingerprint density at radius 1 is 0.537 bits per heavy atom. The summed E-state index contributed by atoms with van der Waals surface area (Å²) in [5.41, 5.74) is 7.93. The number of aromatic nitrogens is 4. The van der Waals surface area contributed by atoms with Crippen LogP contribution in [0.15, 0.2) is 114 Å². The summed E-state index contributed by atoms with van der Waals surface area (Å²) in [5.74, 6) is 1.70. The Bertz CT molecular complexity index is 1860. The third kappa shape index (κ3) is 4.14. The number of nitrogens with zero attached hydrogens (tertiary/aromatic N) is 6. The van der Waals surface area contributed by atoms with Gasteiger partial charge in [-0.25, -0.2) is 9.97 Å². The predicted molar refractivity (Wildman–Crippen MR) is 166 cm³/mol. The van der Waals surface area contributed by atoms with Crippen LogP contribution >= 0.6 is 0 Å². The van der Waals surface area contributed by atoms with Crippen molar-refractivity contribution in [2.75, 3.05) is 9.80 Å². The lowest BCUT2D eigenvalue weighted by molar-refractivity contribution is 0.669. The van der Waals surface area contributed by atoms with Gasteiger partial charge in [-0.3, -0.25) is 9.80 Å². The molecule has 0 fully saturated rings. The van der Waals surface area contributed by atoms with Gasteiger partial charge in [0.05, 0.1) is 12.4 Å². The molecule has 7 heteroatoms. The molecule has 7 nitrogen and oxygen atoms in total. The summed E-state index contributed by atoms with van der Waals surface area (Å²) in [7, 11) is 4.09. The van der Waals surface area contributed by atoms with Gasteiger partial charge in [-0.1, -0.05) is 36.4 Å². The highest BCUT2D eigenvalue weighted by Gasteiger charge is 2.21. The summed E-state index contributed by atoms with van der Waals surface area (Å²) >= 11 is 0. The third-order valence-electron chi connectivity index (χ3n) is 7.77. The monoisotopic (exact) mass is 538 g/mol. The van der Waals surface area contributed by atoms with E-state index < -0.39 is 0 Å². The lowest BCUT2D eigenvalue weighted by Crippen LogP contribution is -2.15. The Morgan fingerprint density at radius 3 is 1.32 bits per heavy atom. The van der Waals surface area contributed by atoms with Gasteiger partial charge in [-0.15, -0.1) is 0 Å². The molecule has 0 aliphatic rings. The molecule has 41 heavy (non-hydrogen) atoms. The van der Waals surface area contributed by atoms with E-state index in [1.807, 2.05) is 75.0 Å². The van der Waals surface area contributed by atoms with Crippen molar-refractivity contribution < 1.29 is 4.42 Å². The Labute approximate surface area is 238 Å². The van der Waals surface area contributed by atoms with Crippen LogP contribution in [0, 0.1) is 13.8 Å². The smallest absolute Gasteiger partial charge is 0.214 e. The zero-order valence-electron chi connectivity index (χ0n) is 23.5. The summed E-state index contributed by atoms with van der Waals surface area (Å²) in [6.45, 7) is 4.13. The van der Waals surface area contributed by atoms with Crippen molar-refractivity contribution in [2.45, 2.75) is 13.8 Å². The van der Waals surface area contributed by atoms with Gasteiger partial charge in [-0.05, 0) is 74.5 Å². The average Bonchev–Trinajstić information content (AvgIpc) is 3.65. The molecule has 0 saturated heterocycles. The van der Waals surface area contributed by atoms with Crippen LogP contribution in [0.1, 0.15) is 11.4 Å². The highest BCUT2D eigenvalue weighted by atomic mass is 16.3. The SMILES string of the molecule is Cc1cnc(N(c2ccccc2)c2ccc3oc4ccc(N(c5ccccc5)c5ncc(C)n5C)cc4c3c2)n1C. The predicted octanol–water partition coefficient (Wildman–Crippen LogP) is 8.61. The van der Waals surface area contributed by atoms with Gasteiger partial charge in [0, 0.05) is 59.0 Å². The van der Waals surface area contributed by atoms with Crippen molar-refractivity contribution in [3.8, 4) is 0 Å². The standard InChI is InChI=1S/C34H30N6O/c1-23-21-35-33(37(23)3)39(25-11-7-5-8-12-25)27-15-17-31-29(19-27)30-20-28(16-18-32(30)41-31)40(26-13-9-6-10-14-26)34-36-22-24(2)38(34)4/h5-22H,1-4H3. The summed E-state index contributed by atoms with van der Waals surface area (Å²) in [6, 6.07) is 33.3. The van der Waals surface area contributed by atoms with Crippen LogP contribution in [0.3, 0.4) is 0 Å². The molecule has 0 bridgehead atoms. The minimum Gasteiger partial charge on any atom is -0.456 e. The van der Waals surface area contributed by atoms with Crippen molar-refractivity contribution in [3.05, 3.63) is 121 Å². The lowest BCUT2D eigenvalue weighted by Gasteiger charge is -2.25. The van der Waals surface area contributed by atoms with E-state index in [0.717, 1.165) is 68.0 Å². The number of furan rings is 1. The molecule has 0 aliphatic carbocycles. The number of hydrogen-bond acceptors (Lipinski definition) is 5. The maximum atomic E-state index is 6.32. The van der Waals surface area contributed by atoms with E-state index in [4.69, 9.17) is 14.4 Å². The summed E-state index contributed by atoms with van der Waals surface area (Å²) < 4.78 is 10.5. The number of aryl methyl sites for hydroxylation is 2. The van der Waals surface area contributed by atoms with Crippen LogP contribution in [0.4, 0.5) is 34.6 Å². The Kier molecular flexibility index (Phi) is 5.86. The maximum Gasteiger partial charge on any atom is 0.214 e. The molecule has 0 amide bonds. The van der Waals surface area contributed by atoms with Gasteiger partial charge in [0.1, 0.15) is 11.2 Å². The minimum atomic E-state index is 0.837. The fourth-order valence-corrected chi connectivity index (χ4v) is 5.33. The van der Waals surface area contributed by atoms with Gasteiger partial charge in [0.2, 0.25) is 11.9 Å². The number of imidazole rings is 2. The van der Waals surface area contributed by atoms with Crippen LogP contribution in [0.25, 0.3) is 21.9 Å². The van der Waals surface area contributed by atoms with E-state index in [1.165, 1.54) is 0 Å². The molecule has 202 valence electrons. The fraction of sp³-hybridized carbons (Fsp3) is 0.118. The molecule has 4 aromatic carbocycles. The van der Waals surface area contributed by atoms with Crippen LogP contribution in [0.2, 0.25) is 0 Å². The number of fused-ring (bicyclic) bond motifs is 3. The van der Waals surface area contributed by atoms with Crippen molar-refractivity contribution >= 4 is 56.6 Å². The molecule has 7 rings (SSSR count). The van der Waals surface area contributed by atoms with E-state index in [-0.39, 0.29) is 0 Å². The van der Waals surface area contributed by atoms with Gasteiger partial charge >= 0.3 is 0 Å². The van der Waals surface area contributed by atoms with Crippen molar-refractivity contribution in [1.82, 2.24) is 19.1 Å². The molecule has 0 saturated carbocycles. The highest BCUT2D eigenvalue weighted by Crippen LogP contribution is 2.41. The quantitative estimate of drug-likeness (QED) is 0.212. The first-order chi connectivity index (χ1) is 20.0.